The van der Waals surface area contributed by atoms with Gasteiger partial charge in [-0.3, -0.25) is 14.9 Å². The lowest BCUT2D eigenvalue weighted by atomic mass is 10.2. The standard InChI is InChI=1S/C18H14N2O5/c21-18(19-12-4-5-12)16-10-11-2-1-3-15(17(11)25-16)24-14-8-6-13(7-9-14)20(22)23/h1-3,6-10,12H,4-5H2,(H,19,21). The maximum atomic E-state index is 12.1. The zero-order valence-electron chi connectivity index (χ0n) is 13.1. The summed E-state index contributed by atoms with van der Waals surface area (Å²) < 4.78 is 11.4. The first-order valence-corrected chi connectivity index (χ1v) is 7.86. The van der Waals surface area contributed by atoms with Crippen LogP contribution in [-0.4, -0.2) is 16.9 Å². The van der Waals surface area contributed by atoms with Gasteiger partial charge in [0.2, 0.25) is 0 Å². The Morgan fingerprint density at radius 1 is 1.20 bits per heavy atom. The number of carbonyl (C=O) groups is 1. The first-order chi connectivity index (χ1) is 12.1. The molecule has 126 valence electrons. The molecule has 0 bridgehead atoms. The van der Waals surface area contributed by atoms with Crippen molar-refractivity contribution < 1.29 is 18.9 Å². The van der Waals surface area contributed by atoms with Crippen LogP contribution in [0.4, 0.5) is 5.69 Å². The highest BCUT2D eigenvalue weighted by Crippen LogP contribution is 2.33. The van der Waals surface area contributed by atoms with Crippen LogP contribution in [-0.2, 0) is 0 Å². The third-order valence-electron chi connectivity index (χ3n) is 3.92. The molecule has 2 aromatic carbocycles. The van der Waals surface area contributed by atoms with Gasteiger partial charge in [-0.2, -0.15) is 0 Å². The third kappa shape index (κ3) is 3.16. The van der Waals surface area contributed by atoms with Crippen molar-refractivity contribution in [1.29, 1.82) is 0 Å². The molecule has 1 heterocycles. The van der Waals surface area contributed by atoms with Gasteiger partial charge in [0, 0.05) is 23.6 Å². The number of amides is 1. The highest BCUT2D eigenvalue weighted by atomic mass is 16.6. The second-order valence-electron chi connectivity index (χ2n) is 5.89. The van der Waals surface area contributed by atoms with Crippen LogP contribution in [0.1, 0.15) is 23.4 Å². The zero-order valence-corrected chi connectivity index (χ0v) is 13.1. The lowest BCUT2D eigenvalue weighted by Gasteiger charge is -2.05. The van der Waals surface area contributed by atoms with Gasteiger partial charge >= 0.3 is 0 Å². The Balaban J connectivity index is 1.61. The van der Waals surface area contributed by atoms with E-state index in [9.17, 15) is 14.9 Å². The van der Waals surface area contributed by atoms with Crippen molar-refractivity contribution in [2.75, 3.05) is 0 Å². The van der Waals surface area contributed by atoms with Crippen molar-refractivity contribution in [2.24, 2.45) is 0 Å². The average Bonchev–Trinajstić information content (AvgIpc) is 3.30. The van der Waals surface area contributed by atoms with Gasteiger partial charge in [0.05, 0.1) is 4.92 Å². The van der Waals surface area contributed by atoms with Crippen molar-refractivity contribution in [2.45, 2.75) is 18.9 Å². The maximum absolute atomic E-state index is 12.1. The van der Waals surface area contributed by atoms with E-state index in [-0.39, 0.29) is 23.4 Å². The highest BCUT2D eigenvalue weighted by molar-refractivity contribution is 5.97. The number of para-hydroxylation sites is 1. The van der Waals surface area contributed by atoms with Gasteiger partial charge in [-0.1, -0.05) is 12.1 Å². The Morgan fingerprint density at radius 3 is 2.64 bits per heavy atom. The number of non-ortho nitro benzene ring substituents is 1. The highest BCUT2D eigenvalue weighted by Gasteiger charge is 2.25. The summed E-state index contributed by atoms with van der Waals surface area (Å²) in [6.07, 6.45) is 2.00. The second-order valence-corrected chi connectivity index (χ2v) is 5.89. The number of ether oxygens (including phenoxy) is 1. The van der Waals surface area contributed by atoms with Gasteiger partial charge < -0.3 is 14.5 Å². The fraction of sp³-hybridized carbons (Fsp3) is 0.167. The summed E-state index contributed by atoms with van der Waals surface area (Å²) >= 11 is 0. The second kappa shape index (κ2) is 5.94. The molecule has 0 spiro atoms. The summed E-state index contributed by atoms with van der Waals surface area (Å²) in [5.41, 5.74) is 0.449. The SMILES string of the molecule is O=C(NC1CC1)c1cc2cccc(Oc3ccc([N+](=O)[O-])cc3)c2o1. The van der Waals surface area contributed by atoms with Gasteiger partial charge in [0.15, 0.2) is 17.1 Å². The van der Waals surface area contributed by atoms with Gasteiger partial charge in [0.1, 0.15) is 5.75 Å². The molecule has 1 N–H and O–H groups in total. The number of furan rings is 1. The van der Waals surface area contributed by atoms with Gasteiger partial charge in [-0.15, -0.1) is 0 Å². The van der Waals surface area contributed by atoms with Gasteiger partial charge in [-0.25, -0.2) is 0 Å². The van der Waals surface area contributed by atoms with E-state index in [0.29, 0.717) is 17.1 Å². The molecule has 25 heavy (non-hydrogen) atoms. The van der Waals surface area contributed by atoms with E-state index in [0.717, 1.165) is 18.2 Å². The largest absolute Gasteiger partial charge is 0.453 e. The molecular formula is C18H14N2O5. The summed E-state index contributed by atoms with van der Waals surface area (Å²) in [5, 5.41) is 14.3. The molecule has 1 saturated carbocycles. The Kier molecular flexibility index (Phi) is 3.61. The molecule has 0 atom stereocenters. The fourth-order valence-corrected chi connectivity index (χ4v) is 2.48. The fourth-order valence-electron chi connectivity index (χ4n) is 2.48. The van der Waals surface area contributed by atoms with Crippen molar-refractivity contribution in [3.05, 3.63) is 64.4 Å². The van der Waals surface area contributed by atoms with Gasteiger partial charge in [-0.05, 0) is 37.1 Å². The van der Waals surface area contributed by atoms with Crippen molar-refractivity contribution >= 4 is 22.6 Å². The number of nitrogens with zero attached hydrogens (tertiary/aromatic N) is 1. The summed E-state index contributed by atoms with van der Waals surface area (Å²) in [6, 6.07) is 13.0. The van der Waals surface area contributed by atoms with Crippen LogP contribution in [0.2, 0.25) is 0 Å². The first-order valence-electron chi connectivity index (χ1n) is 7.86. The lowest BCUT2D eigenvalue weighted by molar-refractivity contribution is -0.384. The van der Waals surface area contributed by atoms with E-state index in [1.807, 2.05) is 6.07 Å². The molecule has 1 amide bonds. The summed E-state index contributed by atoms with van der Waals surface area (Å²) in [4.78, 5) is 22.4. The van der Waals surface area contributed by atoms with E-state index in [1.54, 1.807) is 18.2 Å². The minimum atomic E-state index is -0.470. The van der Waals surface area contributed by atoms with Crippen LogP contribution >= 0.6 is 0 Å². The van der Waals surface area contributed by atoms with E-state index in [2.05, 4.69) is 5.32 Å². The number of nitro groups is 1. The Hall–Kier alpha value is -3.35. The molecule has 0 aliphatic heterocycles. The number of fused-ring (bicyclic) bond motifs is 1. The molecule has 3 aromatic rings. The molecule has 1 aliphatic carbocycles. The third-order valence-corrected chi connectivity index (χ3v) is 3.92. The molecule has 1 fully saturated rings. The minimum Gasteiger partial charge on any atom is -0.453 e. The number of hydrogen-bond donors (Lipinski definition) is 1. The van der Waals surface area contributed by atoms with Crippen molar-refractivity contribution in [3.8, 4) is 11.5 Å². The molecule has 1 aliphatic rings. The molecule has 1 aromatic heterocycles. The topological polar surface area (TPSA) is 94.6 Å². The van der Waals surface area contributed by atoms with Crippen LogP contribution in [0.15, 0.2) is 52.9 Å². The molecule has 7 nitrogen and oxygen atoms in total. The number of rotatable bonds is 5. The predicted molar refractivity (Wildman–Crippen MR) is 89.9 cm³/mol. The van der Waals surface area contributed by atoms with Crippen LogP contribution in [0.5, 0.6) is 11.5 Å². The molecular weight excluding hydrogens is 324 g/mol. The summed E-state index contributed by atoms with van der Waals surface area (Å²) in [6.45, 7) is 0. The van der Waals surface area contributed by atoms with E-state index in [1.165, 1.54) is 24.3 Å². The van der Waals surface area contributed by atoms with Gasteiger partial charge in [0.25, 0.3) is 11.6 Å². The van der Waals surface area contributed by atoms with E-state index in [4.69, 9.17) is 9.15 Å². The van der Waals surface area contributed by atoms with E-state index < -0.39 is 4.92 Å². The van der Waals surface area contributed by atoms with Crippen molar-refractivity contribution in [1.82, 2.24) is 5.32 Å². The zero-order chi connectivity index (χ0) is 17.4. The molecule has 7 heteroatoms. The van der Waals surface area contributed by atoms with Crippen LogP contribution in [0.25, 0.3) is 11.0 Å². The smallest absolute Gasteiger partial charge is 0.287 e. The van der Waals surface area contributed by atoms with E-state index >= 15 is 0 Å². The van der Waals surface area contributed by atoms with Crippen LogP contribution in [0, 0.1) is 10.1 Å². The summed E-state index contributed by atoms with van der Waals surface area (Å²) in [5.74, 6) is 0.886. The molecule has 4 rings (SSSR count). The Bertz CT molecular complexity index is 957. The quantitative estimate of drug-likeness (QED) is 0.560. The summed E-state index contributed by atoms with van der Waals surface area (Å²) in [7, 11) is 0. The molecule has 0 saturated heterocycles. The first kappa shape index (κ1) is 15.2. The predicted octanol–water partition coefficient (Wildman–Crippen LogP) is 4.03. The normalized spacial score (nSPS) is 13.6. The number of benzene rings is 2. The lowest BCUT2D eigenvalue weighted by Crippen LogP contribution is -2.24. The molecule has 0 unspecified atom stereocenters. The Labute approximate surface area is 142 Å². The average molecular weight is 338 g/mol. The van der Waals surface area contributed by atoms with Crippen LogP contribution in [0.3, 0.4) is 0 Å². The number of hydrogen-bond acceptors (Lipinski definition) is 5. The number of nitro benzene ring substituents is 1. The van der Waals surface area contributed by atoms with Crippen molar-refractivity contribution in [3.63, 3.8) is 0 Å². The monoisotopic (exact) mass is 338 g/mol. The number of carbonyl (C=O) groups excluding carboxylic acids is 1. The Morgan fingerprint density at radius 2 is 1.96 bits per heavy atom. The minimum absolute atomic E-state index is 0.0115. The maximum Gasteiger partial charge on any atom is 0.287 e. The van der Waals surface area contributed by atoms with Crippen LogP contribution < -0.4 is 10.1 Å². The molecule has 0 radical (unpaired) electrons. The number of nitrogens with one attached hydrogen (secondary N) is 1.